The number of nitrogens with one attached hydrogen (secondary N) is 2. The molecule has 0 spiro atoms. The van der Waals surface area contributed by atoms with E-state index in [1.165, 1.54) is 42.5 Å². The highest BCUT2D eigenvalue weighted by molar-refractivity contribution is 5.72. The van der Waals surface area contributed by atoms with E-state index in [9.17, 15) is 4.79 Å². The minimum atomic E-state index is 0.0295. The molecule has 0 atom stereocenters. The monoisotopic (exact) mass is 232 g/mol. The zero-order valence-corrected chi connectivity index (χ0v) is 10.4. The van der Waals surface area contributed by atoms with Crippen LogP contribution in [0.25, 0.3) is 0 Å². The number of hydrogen-bond donors (Lipinski definition) is 2. The third kappa shape index (κ3) is 3.22. The first kappa shape index (κ1) is 12.0. The minimum absolute atomic E-state index is 0.0295. The Morgan fingerprint density at radius 1 is 1.24 bits per heavy atom. The lowest BCUT2D eigenvalue weighted by Gasteiger charge is -2.20. The van der Waals surface area contributed by atoms with E-state index in [-0.39, 0.29) is 5.91 Å². The van der Waals surface area contributed by atoms with Crippen LogP contribution in [-0.2, 0) is 17.6 Å². The van der Waals surface area contributed by atoms with Crippen LogP contribution in [0.1, 0.15) is 30.9 Å². The molecule has 1 amide bonds. The van der Waals surface area contributed by atoms with Crippen LogP contribution in [0.3, 0.4) is 0 Å². The maximum atomic E-state index is 10.7. The van der Waals surface area contributed by atoms with Gasteiger partial charge < -0.3 is 10.6 Å². The van der Waals surface area contributed by atoms with Crippen LogP contribution in [0.2, 0.25) is 0 Å². The summed E-state index contributed by atoms with van der Waals surface area (Å²) in [6.45, 7) is 3.01. The Bertz CT molecular complexity index is 401. The molecule has 1 aliphatic carbocycles. The smallest absolute Gasteiger partial charge is 0.216 e. The van der Waals surface area contributed by atoms with Gasteiger partial charge in [0.1, 0.15) is 0 Å². The summed E-state index contributed by atoms with van der Waals surface area (Å²) in [5, 5.41) is 6.21. The van der Waals surface area contributed by atoms with Gasteiger partial charge in [-0.1, -0.05) is 12.1 Å². The van der Waals surface area contributed by atoms with Crippen LogP contribution in [0.4, 0.5) is 5.69 Å². The van der Waals surface area contributed by atoms with E-state index in [2.05, 4.69) is 28.8 Å². The third-order valence-corrected chi connectivity index (χ3v) is 3.21. The topological polar surface area (TPSA) is 41.1 Å². The molecule has 0 saturated carbocycles. The van der Waals surface area contributed by atoms with Crippen molar-refractivity contribution in [3.63, 3.8) is 0 Å². The van der Waals surface area contributed by atoms with E-state index in [1.807, 2.05) is 0 Å². The largest absolute Gasteiger partial charge is 0.383 e. The Labute approximate surface area is 103 Å². The van der Waals surface area contributed by atoms with Crippen LogP contribution in [0.5, 0.6) is 0 Å². The van der Waals surface area contributed by atoms with Crippen molar-refractivity contribution in [2.45, 2.75) is 32.6 Å². The highest BCUT2D eigenvalue weighted by atomic mass is 16.1. The Morgan fingerprint density at radius 3 is 2.88 bits per heavy atom. The lowest BCUT2D eigenvalue weighted by atomic mass is 9.90. The van der Waals surface area contributed by atoms with Crippen molar-refractivity contribution in [1.29, 1.82) is 0 Å². The second-order valence-corrected chi connectivity index (χ2v) is 4.56. The van der Waals surface area contributed by atoms with Gasteiger partial charge in [0.2, 0.25) is 5.91 Å². The Morgan fingerprint density at radius 2 is 2.06 bits per heavy atom. The molecule has 1 aromatic rings. The molecule has 1 aromatic carbocycles. The SMILES string of the molecule is CC(=O)NCCNc1cccc2c1CCCC2. The normalized spacial score (nSPS) is 13.9. The number of carbonyl (C=O) groups excluding carboxylic acids is 1. The van der Waals surface area contributed by atoms with Gasteiger partial charge in [-0.2, -0.15) is 0 Å². The highest BCUT2D eigenvalue weighted by Crippen LogP contribution is 2.27. The second kappa shape index (κ2) is 5.71. The number of benzene rings is 1. The molecule has 0 aliphatic heterocycles. The quantitative estimate of drug-likeness (QED) is 0.781. The Kier molecular flexibility index (Phi) is 4.02. The van der Waals surface area contributed by atoms with E-state index in [0.29, 0.717) is 6.54 Å². The minimum Gasteiger partial charge on any atom is -0.383 e. The predicted molar refractivity (Wildman–Crippen MR) is 70.3 cm³/mol. The molecular weight excluding hydrogens is 212 g/mol. The molecule has 2 rings (SSSR count). The van der Waals surface area contributed by atoms with Crippen molar-refractivity contribution in [2.75, 3.05) is 18.4 Å². The molecule has 0 heterocycles. The van der Waals surface area contributed by atoms with Crippen molar-refractivity contribution in [3.8, 4) is 0 Å². The average Bonchev–Trinajstić information content (AvgIpc) is 2.34. The van der Waals surface area contributed by atoms with Crippen LogP contribution in [0, 0.1) is 0 Å². The predicted octanol–water partition coefficient (Wildman–Crippen LogP) is 2.11. The number of aryl methyl sites for hydroxylation is 1. The summed E-state index contributed by atoms with van der Waals surface area (Å²) in [6.07, 6.45) is 4.98. The molecule has 3 heteroatoms. The van der Waals surface area contributed by atoms with Gasteiger partial charge in [0, 0.05) is 25.7 Å². The summed E-state index contributed by atoms with van der Waals surface area (Å²) in [5.74, 6) is 0.0295. The maximum Gasteiger partial charge on any atom is 0.216 e. The van der Waals surface area contributed by atoms with E-state index in [0.717, 1.165) is 6.54 Å². The summed E-state index contributed by atoms with van der Waals surface area (Å²) in [7, 11) is 0. The van der Waals surface area contributed by atoms with E-state index in [1.54, 1.807) is 6.92 Å². The van der Waals surface area contributed by atoms with Gasteiger partial charge in [-0.05, 0) is 42.9 Å². The fourth-order valence-corrected chi connectivity index (χ4v) is 2.38. The fourth-order valence-electron chi connectivity index (χ4n) is 2.38. The molecule has 0 unspecified atom stereocenters. The first-order chi connectivity index (χ1) is 8.27. The number of rotatable bonds is 4. The zero-order chi connectivity index (χ0) is 12.1. The van der Waals surface area contributed by atoms with Gasteiger partial charge in [-0.25, -0.2) is 0 Å². The van der Waals surface area contributed by atoms with Crippen molar-refractivity contribution in [2.24, 2.45) is 0 Å². The summed E-state index contributed by atoms with van der Waals surface area (Å²) < 4.78 is 0. The van der Waals surface area contributed by atoms with Crippen molar-refractivity contribution in [1.82, 2.24) is 5.32 Å². The summed E-state index contributed by atoms with van der Waals surface area (Å²) in [5.41, 5.74) is 4.20. The van der Waals surface area contributed by atoms with Crippen LogP contribution in [0.15, 0.2) is 18.2 Å². The van der Waals surface area contributed by atoms with Gasteiger partial charge in [0.05, 0.1) is 0 Å². The number of amides is 1. The molecule has 92 valence electrons. The summed E-state index contributed by atoms with van der Waals surface area (Å²) in [4.78, 5) is 10.7. The maximum absolute atomic E-state index is 10.7. The van der Waals surface area contributed by atoms with Crippen molar-refractivity contribution >= 4 is 11.6 Å². The summed E-state index contributed by atoms with van der Waals surface area (Å²) >= 11 is 0. The standard InChI is InChI=1S/C14H20N2O/c1-11(17)15-9-10-16-14-8-4-6-12-5-2-3-7-13(12)14/h4,6,8,16H,2-3,5,7,9-10H2,1H3,(H,15,17). The molecule has 1 aliphatic rings. The first-order valence-corrected chi connectivity index (χ1v) is 6.36. The highest BCUT2D eigenvalue weighted by Gasteiger charge is 2.12. The van der Waals surface area contributed by atoms with Gasteiger partial charge in [-0.15, -0.1) is 0 Å². The molecule has 0 radical (unpaired) electrons. The lowest BCUT2D eigenvalue weighted by Crippen LogP contribution is -2.26. The zero-order valence-electron chi connectivity index (χ0n) is 10.4. The van der Waals surface area contributed by atoms with Crippen LogP contribution < -0.4 is 10.6 Å². The molecule has 0 aromatic heterocycles. The van der Waals surface area contributed by atoms with Crippen LogP contribution >= 0.6 is 0 Å². The second-order valence-electron chi connectivity index (χ2n) is 4.56. The Balaban J connectivity index is 1.94. The fraction of sp³-hybridized carbons (Fsp3) is 0.500. The van der Waals surface area contributed by atoms with Crippen molar-refractivity contribution < 1.29 is 4.79 Å². The van der Waals surface area contributed by atoms with E-state index < -0.39 is 0 Å². The number of carbonyl (C=O) groups is 1. The number of fused-ring (bicyclic) bond motifs is 1. The molecule has 0 fully saturated rings. The average molecular weight is 232 g/mol. The van der Waals surface area contributed by atoms with Gasteiger partial charge in [0.15, 0.2) is 0 Å². The van der Waals surface area contributed by atoms with E-state index >= 15 is 0 Å². The van der Waals surface area contributed by atoms with Gasteiger partial charge in [-0.3, -0.25) is 4.79 Å². The number of hydrogen-bond acceptors (Lipinski definition) is 2. The van der Waals surface area contributed by atoms with Gasteiger partial charge >= 0.3 is 0 Å². The molecule has 0 bridgehead atoms. The summed E-state index contributed by atoms with van der Waals surface area (Å²) in [6, 6.07) is 6.48. The molecule has 0 saturated heterocycles. The van der Waals surface area contributed by atoms with Gasteiger partial charge in [0.25, 0.3) is 0 Å². The number of anilines is 1. The molecular formula is C14H20N2O. The van der Waals surface area contributed by atoms with Crippen molar-refractivity contribution in [3.05, 3.63) is 29.3 Å². The first-order valence-electron chi connectivity index (χ1n) is 6.36. The van der Waals surface area contributed by atoms with Crippen LogP contribution in [-0.4, -0.2) is 19.0 Å². The van der Waals surface area contributed by atoms with E-state index in [4.69, 9.17) is 0 Å². The molecule has 17 heavy (non-hydrogen) atoms. The lowest BCUT2D eigenvalue weighted by molar-refractivity contribution is -0.118. The molecule has 3 nitrogen and oxygen atoms in total. The Hall–Kier alpha value is -1.51. The molecule has 2 N–H and O–H groups in total. The third-order valence-electron chi connectivity index (χ3n) is 3.21.